The Morgan fingerprint density at radius 1 is 1.56 bits per heavy atom. The van der Waals surface area contributed by atoms with E-state index in [4.69, 9.17) is 11.6 Å². The molecule has 0 bridgehead atoms. The molecule has 0 aromatic carbocycles. The van der Waals surface area contributed by atoms with Crippen molar-refractivity contribution in [2.75, 3.05) is 0 Å². The molecule has 0 saturated carbocycles. The summed E-state index contributed by atoms with van der Waals surface area (Å²) in [5, 5.41) is 4.50. The fourth-order valence-electron chi connectivity index (χ4n) is 0.647. The minimum Gasteiger partial charge on any atom is -0.157 e. The fraction of sp³-hybridized carbons (Fsp3) is 0.500. The maximum atomic E-state index is 5.71. The Labute approximate surface area is 59.6 Å². The lowest BCUT2D eigenvalue weighted by molar-refractivity contribution is 0.865. The lowest BCUT2D eigenvalue weighted by Crippen LogP contribution is -2.04. The van der Waals surface area contributed by atoms with Crippen LogP contribution in [0.5, 0.6) is 0 Å². The summed E-state index contributed by atoms with van der Waals surface area (Å²) in [5.41, 5.74) is 4.55. The summed E-state index contributed by atoms with van der Waals surface area (Å²) in [6.45, 7) is 4.08. The van der Waals surface area contributed by atoms with Gasteiger partial charge in [0.25, 0.3) is 0 Å². The summed E-state index contributed by atoms with van der Waals surface area (Å²) in [6, 6.07) is 0. The zero-order valence-electron chi connectivity index (χ0n) is 5.43. The molecule has 0 amide bonds. The van der Waals surface area contributed by atoms with E-state index in [1.807, 2.05) is 13.8 Å². The average molecular weight is 144 g/mol. The monoisotopic (exact) mass is 143 g/mol. The molecule has 0 aliphatic carbocycles. The SMILES string of the molecule is CC(C)C1=N[N]C=C1Cl. The van der Waals surface area contributed by atoms with Gasteiger partial charge in [-0.25, -0.2) is 0 Å². The van der Waals surface area contributed by atoms with Crippen LogP contribution in [0.15, 0.2) is 16.3 Å². The van der Waals surface area contributed by atoms with Crippen molar-refractivity contribution in [3.8, 4) is 0 Å². The van der Waals surface area contributed by atoms with Gasteiger partial charge in [0.1, 0.15) is 0 Å². The first kappa shape index (κ1) is 6.62. The summed E-state index contributed by atoms with van der Waals surface area (Å²) < 4.78 is 0. The van der Waals surface area contributed by atoms with E-state index in [1.165, 1.54) is 0 Å². The Kier molecular flexibility index (Phi) is 1.76. The van der Waals surface area contributed by atoms with Crippen LogP contribution in [0.4, 0.5) is 0 Å². The van der Waals surface area contributed by atoms with Crippen LogP contribution < -0.4 is 5.43 Å². The summed E-state index contributed by atoms with van der Waals surface area (Å²) in [6.07, 6.45) is 1.57. The highest BCUT2D eigenvalue weighted by Gasteiger charge is 2.13. The van der Waals surface area contributed by atoms with E-state index in [-0.39, 0.29) is 0 Å². The van der Waals surface area contributed by atoms with E-state index in [9.17, 15) is 0 Å². The largest absolute Gasteiger partial charge is 0.157 e. The van der Waals surface area contributed by atoms with Crippen LogP contribution >= 0.6 is 11.6 Å². The highest BCUT2D eigenvalue weighted by Crippen LogP contribution is 2.15. The summed E-state index contributed by atoms with van der Waals surface area (Å²) >= 11 is 5.71. The molecule has 1 aliphatic heterocycles. The van der Waals surface area contributed by atoms with Gasteiger partial charge in [-0.2, -0.15) is 10.5 Å². The molecule has 1 rings (SSSR count). The normalized spacial score (nSPS) is 17.3. The first-order valence-electron chi connectivity index (χ1n) is 2.85. The Morgan fingerprint density at radius 2 is 2.22 bits per heavy atom. The van der Waals surface area contributed by atoms with Crippen LogP contribution in [0.3, 0.4) is 0 Å². The second kappa shape index (κ2) is 2.40. The Balaban J connectivity index is 2.72. The lowest BCUT2D eigenvalue weighted by Gasteiger charge is -2.00. The van der Waals surface area contributed by atoms with Crippen molar-refractivity contribution in [2.24, 2.45) is 11.0 Å². The number of hydrogen-bond donors (Lipinski definition) is 0. The van der Waals surface area contributed by atoms with Gasteiger partial charge in [-0.05, 0) is 5.92 Å². The molecule has 1 aliphatic rings. The molecule has 0 saturated heterocycles. The van der Waals surface area contributed by atoms with Crippen LogP contribution in [0.25, 0.3) is 0 Å². The summed E-state index contributed by atoms with van der Waals surface area (Å²) in [5.74, 6) is 0.375. The van der Waals surface area contributed by atoms with E-state index in [0.717, 1.165) is 5.71 Å². The second-order valence-electron chi connectivity index (χ2n) is 2.23. The van der Waals surface area contributed by atoms with Crippen LogP contribution in [0, 0.1) is 5.92 Å². The van der Waals surface area contributed by atoms with Gasteiger partial charge in [0.2, 0.25) is 0 Å². The molecule has 49 valence electrons. The second-order valence-corrected chi connectivity index (χ2v) is 2.64. The summed E-state index contributed by atoms with van der Waals surface area (Å²) in [7, 11) is 0. The van der Waals surface area contributed by atoms with Crippen molar-refractivity contribution in [3.05, 3.63) is 11.2 Å². The number of nitrogens with zero attached hydrogens (tertiary/aromatic N) is 2. The van der Waals surface area contributed by atoms with Crippen LogP contribution in [0.1, 0.15) is 13.8 Å². The van der Waals surface area contributed by atoms with E-state index < -0.39 is 0 Å². The van der Waals surface area contributed by atoms with Gasteiger partial charge >= 0.3 is 0 Å². The van der Waals surface area contributed by atoms with Crippen LogP contribution in [-0.2, 0) is 0 Å². The van der Waals surface area contributed by atoms with Gasteiger partial charge in [-0.1, -0.05) is 25.4 Å². The van der Waals surface area contributed by atoms with E-state index in [1.54, 1.807) is 6.20 Å². The maximum Gasteiger partial charge on any atom is 0.0858 e. The highest BCUT2D eigenvalue weighted by atomic mass is 35.5. The van der Waals surface area contributed by atoms with Gasteiger partial charge in [-0.15, -0.1) is 0 Å². The van der Waals surface area contributed by atoms with E-state index in [0.29, 0.717) is 11.0 Å². The minimum atomic E-state index is 0.375. The molecular formula is C6H8ClN2. The predicted molar refractivity (Wildman–Crippen MR) is 38.3 cm³/mol. The first-order chi connectivity index (χ1) is 4.22. The third kappa shape index (κ3) is 1.24. The van der Waals surface area contributed by atoms with Gasteiger partial charge in [0.15, 0.2) is 0 Å². The van der Waals surface area contributed by atoms with Crippen molar-refractivity contribution in [3.63, 3.8) is 0 Å². The Morgan fingerprint density at radius 3 is 2.44 bits per heavy atom. The molecule has 0 unspecified atom stereocenters. The molecule has 0 atom stereocenters. The van der Waals surface area contributed by atoms with Crippen molar-refractivity contribution in [1.29, 1.82) is 0 Å². The van der Waals surface area contributed by atoms with E-state index >= 15 is 0 Å². The molecule has 3 heteroatoms. The van der Waals surface area contributed by atoms with Crippen molar-refractivity contribution in [2.45, 2.75) is 13.8 Å². The molecule has 0 aromatic heterocycles. The van der Waals surface area contributed by atoms with E-state index in [2.05, 4.69) is 10.5 Å². The van der Waals surface area contributed by atoms with Crippen molar-refractivity contribution < 1.29 is 0 Å². The van der Waals surface area contributed by atoms with Gasteiger partial charge in [-0.3, -0.25) is 0 Å². The first-order valence-corrected chi connectivity index (χ1v) is 3.23. The maximum absolute atomic E-state index is 5.71. The molecule has 0 fully saturated rings. The molecular weight excluding hydrogens is 136 g/mol. The standard InChI is InChI=1S/C6H8ClN2/c1-4(2)6-5(7)3-8-9-6/h3-4H,1-2H3. The fourth-order valence-corrected chi connectivity index (χ4v) is 0.947. The van der Waals surface area contributed by atoms with Crippen molar-refractivity contribution >= 4 is 17.3 Å². The third-order valence-corrected chi connectivity index (χ3v) is 1.42. The quantitative estimate of drug-likeness (QED) is 0.534. The lowest BCUT2D eigenvalue weighted by atomic mass is 10.1. The van der Waals surface area contributed by atoms with Crippen LogP contribution in [-0.4, -0.2) is 5.71 Å². The number of rotatable bonds is 1. The molecule has 0 N–H and O–H groups in total. The molecule has 9 heavy (non-hydrogen) atoms. The number of hydrogen-bond acceptors (Lipinski definition) is 1. The van der Waals surface area contributed by atoms with Gasteiger partial charge in [0.05, 0.1) is 16.9 Å². The topological polar surface area (TPSA) is 26.5 Å². The van der Waals surface area contributed by atoms with Crippen LogP contribution in [0.2, 0.25) is 0 Å². The van der Waals surface area contributed by atoms with Crippen molar-refractivity contribution in [1.82, 2.24) is 5.43 Å². The molecule has 1 radical (unpaired) electrons. The Bertz CT molecular complexity index is 170. The zero-order chi connectivity index (χ0) is 6.85. The number of halogens is 1. The Hall–Kier alpha value is -0.500. The van der Waals surface area contributed by atoms with Gasteiger partial charge < -0.3 is 0 Å². The highest BCUT2D eigenvalue weighted by molar-refractivity contribution is 6.44. The smallest absolute Gasteiger partial charge is 0.0858 e. The molecule has 1 heterocycles. The molecule has 0 aromatic rings. The predicted octanol–water partition coefficient (Wildman–Crippen LogP) is 1.70. The third-order valence-electron chi connectivity index (χ3n) is 1.13. The average Bonchev–Trinajstić information content (AvgIpc) is 2.13. The minimum absolute atomic E-state index is 0.375. The zero-order valence-corrected chi connectivity index (χ0v) is 6.18. The number of allylic oxidation sites excluding steroid dienone is 1. The molecule has 2 nitrogen and oxygen atoms in total. The molecule has 0 spiro atoms. The van der Waals surface area contributed by atoms with Gasteiger partial charge in [0, 0.05) is 0 Å². The summed E-state index contributed by atoms with van der Waals surface area (Å²) in [4.78, 5) is 0.